The van der Waals surface area contributed by atoms with Crippen LogP contribution in [-0.2, 0) is 9.59 Å². The number of allylic oxidation sites excluding steroid dienone is 2. The molecule has 0 aliphatic carbocycles. The summed E-state index contributed by atoms with van der Waals surface area (Å²) in [5.41, 5.74) is 2.35. The van der Waals surface area contributed by atoms with E-state index in [0.29, 0.717) is 23.2 Å². The van der Waals surface area contributed by atoms with Gasteiger partial charge in [0.05, 0.1) is 12.5 Å². The summed E-state index contributed by atoms with van der Waals surface area (Å²) in [6.45, 7) is 3.76. The zero-order valence-electron chi connectivity index (χ0n) is 18.1. The van der Waals surface area contributed by atoms with E-state index in [0.717, 1.165) is 24.2 Å². The van der Waals surface area contributed by atoms with Crippen LogP contribution in [0.4, 0.5) is 10.1 Å². The van der Waals surface area contributed by atoms with E-state index in [1.807, 2.05) is 32.2 Å². The van der Waals surface area contributed by atoms with Crippen molar-refractivity contribution in [3.05, 3.63) is 53.8 Å². The number of carboxylic acid groups (broad SMARTS) is 1. The number of benzene rings is 1. The molecular formula is C22H23FN6O4. The van der Waals surface area contributed by atoms with Crippen molar-refractivity contribution in [3.8, 4) is 11.4 Å². The second-order valence-electron chi connectivity index (χ2n) is 7.97. The van der Waals surface area contributed by atoms with Crippen LogP contribution in [0, 0.1) is 6.92 Å². The molecule has 2 aromatic rings. The van der Waals surface area contributed by atoms with E-state index in [-0.39, 0.29) is 30.7 Å². The van der Waals surface area contributed by atoms with E-state index in [1.54, 1.807) is 11.1 Å². The van der Waals surface area contributed by atoms with Gasteiger partial charge in [0.1, 0.15) is 17.7 Å². The van der Waals surface area contributed by atoms with Crippen molar-refractivity contribution in [2.24, 2.45) is 4.99 Å². The van der Waals surface area contributed by atoms with Gasteiger partial charge in [0, 0.05) is 36.6 Å². The number of likely N-dealkylation sites (tertiary alicyclic amines) is 1. The third-order valence-electron chi connectivity index (χ3n) is 5.60. The molecule has 0 saturated carbocycles. The number of carbonyl (C=O) groups excluding carboxylic acids is 1. The molecule has 172 valence electrons. The highest BCUT2D eigenvalue weighted by molar-refractivity contribution is 6.04. The molecule has 2 N–H and O–H groups in total. The second kappa shape index (κ2) is 9.33. The zero-order chi connectivity index (χ0) is 23.5. The Hall–Kier alpha value is -3.86. The normalized spacial score (nSPS) is 19.6. The van der Waals surface area contributed by atoms with Crippen LogP contribution in [0.1, 0.15) is 17.4 Å². The fraction of sp³-hybridized carbons (Fsp3) is 0.318. The smallest absolute Gasteiger partial charge is 0.290 e. The number of fused-ring (bicyclic) bond motifs is 1. The van der Waals surface area contributed by atoms with Gasteiger partial charge in [-0.25, -0.2) is 4.39 Å². The van der Waals surface area contributed by atoms with Crippen molar-refractivity contribution >= 4 is 23.9 Å². The van der Waals surface area contributed by atoms with Gasteiger partial charge >= 0.3 is 0 Å². The highest BCUT2D eigenvalue weighted by atomic mass is 19.1. The number of amidine groups is 1. The quantitative estimate of drug-likeness (QED) is 0.674. The maximum Gasteiger partial charge on any atom is 0.290 e. The Morgan fingerprint density at radius 2 is 2.12 bits per heavy atom. The summed E-state index contributed by atoms with van der Waals surface area (Å²) < 4.78 is 18.8. The van der Waals surface area contributed by atoms with Crippen LogP contribution in [0.2, 0.25) is 0 Å². The van der Waals surface area contributed by atoms with E-state index < -0.39 is 6.04 Å². The molecule has 5 rings (SSSR count). The number of amides is 1. The lowest BCUT2D eigenvalue weighted by Gasteiger charge is -2.33. The first-order valence-corrected chi connectivity index (χ1v) is 10.3. The third-order valence-corrected chi connectivity index (χ3v) is 5.60. The highest BCUT2D eigenvalue weighted by Crippen LogP contribution is 2.29. The van der Waals surface area contributed by atoms with Crippen LogP contribution >= 0.6 is 0 Å². The molecule has 0 bridgehead atoms. The number of anilines is 1. The Labute approximate surface area is 189 Å². The van der Waals surface area contributed by atoms with E-state index in [4.69, 9.17) is 14.4 Å². The summed E-state index contributed by atoms with van der Waals surface area (Å²) in [6, 6.07) is 5.14. The molecule has 1 amide bonds. The number of hydrogen-bond acceptors (Lipinski definition) is 8. The fourth-order valence-corrected chi connectivity index (χ4v) is 3.83. The summed E-state index contributed by atoms with van der Waals surface area (Å²) in [5, 5.41) is 14.0. The summed E-state index contributed by atoms with van der Waals surface area (Å²) >= 11 is 0. The molecule has 1 unspecified atom stereocenters. The van der Waals surface area contributed by atoms with Crippen molar-refractivity contribution < 1.29 is 23.6 Å². The number of nitrogens with one attached hydrogen (secondary N) is 1. The summed E-state index contributed by atoms with van der Waals surface area (Å²) in [4.78, 5) is 33.9. The SMILES string of the molecule is Cc1ccc(-c2noc(C3CN(C)C3)n2)cc1NC(=O)C1CN=C2C=C(F)C=CN21.O=CO. The van der Waals surface area contributed by atoms with Crippen molar-refractivity contribution in [1.82, 2.24) is 19.9 Å². The van der Waals surface area contributed by atoms with E-state index >= 15 is 0 Å². The maximum absolute atomic E-state index is 13.4. The summed E-state index contributed by atoms with van der Waals surface area (Å²) in [6.07, 6.45) is 4.20. The minimum absolute atomic E-state index is 0.208. The van der Waals surface area contributed by atoms with Gasteiger partial charge in [0.15, 0.2) is 0 Å². The monoisotopic (exact) mass is 454 g/mol. The van der Waals surface area contributed by atoms with E-state index in [9.17, 15) is 9.18 Å². The fourth-order valence-electron chi connectivity index (χ4n) is 3.83. The number of hydrogen-bond donors (Lipinski definition) is 2. The molecule has 4 heterocycles. The van der Waals surface area contributed by atoms with Gasteiger partial charge < -0.3 is 24.7 Å². The van der Waals surface area contributed by atoms with Gasteiger partial charge in [0.2, 0.25) is 17.6 Å². The van der Waals surface area contributed by atoms with Crippen LogP contribution in [0.3, 0.4) is 0 Å². The van der Waals surface area contributed by atoms with Crippen molar-refractivity contribution in [3.63, 3.8) is 0 Å². The average molecular weight is 454 g/mol. The number of nitrogens with zero attached hydrogens (tertiary/aromatic N) is 5. The number of carbonyl (C=O) groups is 2. The van der Waals surface area contributed by atoms with Crippen molar-refractivity contribution in [1.29, 1.82) is 0 Å². The van der Waals surface area contributed by atoms with Gasteiger partial charge in [-0.3, -0.25) is 14.6 Å². The molecule has 1 saturated heterocycles. The Morgan fingerprint density at radius 1 is 1.36 bits per heavy atom. The average Bonchev–Trinajstić information content (AvgIpc) is 3.40. The summed E-state index contributed by atoms with van der Waals surface area (Å²) in [7, 11) is 2.05. The van der Waals surface area contributed by atoms with Gasteiger partial charge in [-0.15, -0.1) is 0 Å². The standard InChI is InChI=1S/C21H21FN6O2.CH2O2/c1-12-3-4-13(19-25-21(30-26-19)14-10-27(2)11-14)7-16(12)24-20(29)17-9-23-18-8-15(22)5-6-28(17)18;2-1-3/h3-8,14,17H,9-11H2,1-2H3,(H,24,29);1H,(H,2,3). The molecule has 33 heavy (non-hydrogen) atoms. The molecule has 11 heteroatoms. The molecule has 1 aromatic carbocycles. The Morgan fingerprint density at radius 3 is 2.85 bits per heavy atom. The Kier molecular flexibility index (Phi) is 6.31. The van der Waals surface area contributed by atoms with Crippen molar-refractivity contribution in [2.45, 2.75) is 18.9 Å². The lowest BCUT2D eigenvalue weighted by molar-refractivity contribution is -0.123. The molecule has 0 spiro atoms. The van der Waals surface area contributed by atoms with Crippen LogP contribution < -0.4 is 5.32 Å². The molecule has 10 nitrogen and oxygen atoms in total. The van der Waals surface area contributed by atoms with Gasteiger partial charge in [-0.05, 0) is 31.7 Å². The Bertz CT molecular complexity index is 1150. The number of aromatic nitrogens is 2. The topological polar surface area (TPSA) is 124 Å². The molecule has 1 aromatic heterocycles. The number of halogens is 1. The van der Waals surface area contributed by atoms with Crippen LogP contribution in [0.5, 0.6) is 0 Å². The third kappa shape index (κ3) is 4.67. The Balaban J connectivity index is 0.000000821. The summed E-state index contributed by atoms with van der Waals surface area (Å²) in [5.74, 6) is 1.29. The maximum atomic E-state index is 13.4. The van der Waals surface area contributed by atoms with Gasteiger partial charge in [-0.2, -0.15) is 4.98 Å². The molecule has 3 aliphatic heterocycles. The predicted molar refractivity (Wildman–Crippen MR) is 118 cm³/mol. The molecule has 1 fully saturated rings. The largest absolute Gasteiger partial charge is 0.483 e. The van der Waals surface area contributed by atoms with Gasteiger partial charge in [0.25, 0.3) is 6.47 Å². The number of aliphatic imine (C=N–C) groups is 1. The van der Waals surface area contributed by atoms with E-state index in [2.05, 4.69) is 25.3 Å². The van der Waals surface area contributed by atoms with Crippen LogP contribution in [-0.4, -0.2) is 76.0 Å². The lowest BCUT2D eigenvalue weighted by atomic mass is 10.0. The first-order valence-electron chi connectivity index (χ1n) is 10.3. The predicted octanol–water partition coefficient (Wildman–Crippen LogP) is 2.18. The zero-order valence-corrected chi connectivity index (χ0v) is 18.1. The first kappa shape index (κ1) is 22.3. The van der Waals surface area contributed by atoms with Crippen LogP contribution in [0.25, 0.3) is 11.4 Å². The highest BCUT2D eigenvalue weighted by Gasteiger charge is 2.33. The number of aryl methyl sites for hydroxylation is 1. The minimum atomic E-state index is -0.518. The van der Waals surface area contributed by atoms with Gasteiger partial charge in [-0.1, -0.05) is 17.3 Å². The second-order valence-corrected chi connectivity index (χ2v) is 7.97. The number of rotatable bonds is 4. The molecule has 1 atom stereocenters. The van der Waals surface area contributed by atoms with Crippen LogP contribution in [0.15, 0.2) is 51.9 Å². The minimum Gasteiger partial charge on any atom is -0.483 e. The first-order chi connectivity index (χ1) is 15.9. The molecule has 3 aliphatic rings. The number of likely N-dealkylation sites (N-methyl/N-ethyl adjacent to an activating group) is 1. The van der Waals surface area contributed by atoms with Crippen molar-refractivity contribution in [2.75, 3.05) is 32.0 Å². The van der Waals surface area contributed by atoms with E-state index in [1.165, 1.54) is 12.2 Å². The molecule has 0 radical (unpaired) electrons. The lowest BCUT2D eigenvalue weighted by Crippen LogP contribution is -2.42. The molecular weight excluding hydrogens is 431 g/mol.